The molecule has 0 amide bonds. The van der Waals surface area contributed by atoms with E-state index in [4.69, 9.17) is 13.0 Å². The van der Waals surface area contributed by atoms with Gasteiger partial charge in [-0.3, -0.25) is 0 Å². The van der Waals surface area contributed by atoms with Gasteiger partial charge in [0.15, 0.2) is 10.1 Å². The number of halogens is 3. The van der Waals surface area contributed by atoms with Gasteiger partial charge in [0, 0.05) is 0 Å². The predicted molar refractivity (Wildman–Crippen MR) is 57.0 cm³/mol. The lowest BCUT2D eigenvalue weighted by atomic mass is 10.6. The zero-order chi connectivity index (χ0) is 14.4. The third-order valence-electron chi connectivity index (χ3n) is 1.55. The van der Waals surface area contributed by atoms with Crippen LogP contribution in [0.4, 0.5) is 13.2 Å². The van der Waals surface area contributed by atoms with Crippen LogP contribution in [0.5, 0.6) is 0 Å². The largest absolute Gasteiger partial charge is 0.741 e. The Balaban J connectivity index is 0.000000331. The van der Waals surface area contributed by atoms with E-state index in [-0.39, 0.29) is 0 Å². The van der Waals surface area contributed by atoms with Crippen LogP contribution < -0.4 is 4.57 Å². The summed E-state index contributed by atoms with van der Waals surface area (Å²) in [5.74, 6) is 0. The van der Waals surface area contributed by atoms with Crippen molar-refractivity contribution in [3.63, 3.8) is 0 Å². The van der Waals surface area contributed by atoms with Crippen molar-refractivity contribution in [2.45, 2.75) is 12.1 Å². The lowest BCUT2D eigenvalue weighted by Gasteiger charge is -2.08. The molecule has 0 atom stereocenters. The highest BCUT2D eigenvalue weighted by Gasteiger charge is 2.36. The summed E-state index contributed by atoms with van der Waals surface area (Å²) in [4.78, 5) is 0. The molecule has 5 nitrogen and oxygen atoms in total. The molecule has 1 heterocycles. The number of hydrogen-bond acceptors (Lipinski definition) is 3. The molecular weight excluding hydrogens is 273 g/mol. The zero-order valence-corrected chi connectivity index (χ0v) is 9.99. The molecule has 0 fully saturated rings. The third kappa shape index (κ3) is 5.64. The summed E-state index contributed by atoms with van der Waals surface area (Å²) in [6.45, 7) is 8.11. The van der Waals surface area contributed by atoms with Gasteiger partial charge in [0.05, 0.1) is 6.20 Å². The molecule has 1 rings (SSSR count). The molecule has 0 aromatic carbocycles. The molecule has 0 spiro atoms. The van der Waals surface area contributed by atoms with Gasteiger partial charge in [-0.2, -0.15) is 13.2 Å². The fraction of sp³-hybridized carbons (Fsp3) is 0.222. The van der Waals surface area contributed by atoms with Crippen molar-refractivity contribution in [1.29, 1.82) is 0 Å². The summed E-state index contributed by atoms with van der Waals surface area (Å²) in [6, 6.07) is 0. The normalized spacial score (nSPS) is 11.3. The van der Waals surface area contributed by atoms with Crippen LogP contribution in [0.1, 0.15) is 0 Å². The summed E-state index contributed by atoms with van der Waals surface area (Å²) >= 11 is 0. The average molecular weight is 284 g/mol. The molecule has 0 aliphatic rings. The fourth-order valence-electron chi connectivity index (χ4n) is 0.776. The second-order valence-electron chi connectivity index (χ2n) is 2.93. The van der Waals surface area contributed by atoms with E-state index in [1.165, 1.54) is 0 Å². The van der Waals surface area contributed by atoms with Gasteiger partial charge in [0.25, 0.3) is 0 Å². The van der Waals surface area contributed by atoms with Gasteiger partial charge < -0.3 is 4.55 Å². The van der Waals surface area contributed by atoms with Crippen LogP contribution in [0.15, 0.2) is 38.0 Å². The van der Waals surface area contributed by atoms with Crippen LogP contribution in [0.3, 0.4) is 0 Å². The molecule has 9 heteroatoms. The van der Waals surface area contributed by atoms with E-state index >= 15 is 0 Å². The van der Waals surface area contributed by atoms with Gasteiger partial charge in [-0.05, 0) is 0 Å². The highest BCUT2D eigenvalue weighted by Crippen LogP contribution is 2.20. The first-order valence-electron chi connectivity index (χ1n) is 4.44. The quantitative estimate of drug-likeness (QED) is 0.361. The molecule has 0 unspecified atom stereocenters. The van der Waals surface area contributed by atoms with Gasteiger partial charge >= 0.3 is 5.51 Å². The van der Waals surface area contributed by atoms with E-state index in [2.05, 4.69) is 13.2 Å². The molecular formula is C9H11F3N2O3S. The summed E-state index contributed by atoms with van der Waals surface area (Å²) in [5.41, 5.74) is -5.65. The molecule has 0 N–H and O–H groups in total. The van der Waals surface area contributed by atoms with Crippen molar-refractivity contribution in [3.8, 4) is 0 Å². The molecule has 0 radical (unpaired) electrons. The second-order valence-corrected chi connectivity index (χ2v) is 4.30. The Morgan fingerprint density at radius 1 is 1.39 bits per heavy atom. The predicted octanol–water partition coefficient (Wildman–Crippen LogP) is 1.11. The highest BCUT2D eigenvalue weighted by molar-refractivity contribution is 7.86. The van der Waals surface area contributed by atoms with E-state index in [0.717, 1.165) is 6.54 Å². The molecule has 0 bridgehead atoms. The first kappa shape index (κ1) is 16.4. The van der Waals surface area contributed by atoms with Gasteiger partial charge in [-0.25, -0.2) is 17.6 Å². The topological polar surface area (TPSA) is 66.0 Å². The van der Waals surface area contributed by atoms with Gasteiger partial charge in [0.2, 0.25) is 6.33 Å². The maximum absolute atomic E-state index is 10.7. The lowest BCUT2D eigenvalue weighted by Crippen LogP contribution is -2.29. The SMILES string of the molecule is C=CC[n+]1ccn(C=C)c1.O=S(=O)([O-])C(F)(F)F. The Labute approximate surface area is 102 Å². The Hall–Kier alpha value is -1.61. The van der Waals surface area contributed by atoms with E-state index in [0.29, 0.717) is 0 Å². The third-order valence-corrected chi connectivity index (χ3v) is 2.11. The Bertz CT molecular complexity index is 505. The minimum atomic E-state index is -6.09. The van der Waals surface area contributed by atoms with Crippen molar-refractivity contribution in [3.05, 3.63) is 38.0 Å². The molecule has 18 heavy (non-hydrogen) atoms. The van der Waals surface area contributed by atoms with Crippen molar-refractivity contribution in [1.82, 2.24) is 4.57 Å². The standard InChI is InChI=1S/C8H11N2.CHF3O3S/c1-3-5-10-7-6-9(4-2)8-10;2-1(3,4)8(5,6)7/h3-4,6-8H,1-2,5H2;(H,5,6,7)/q+1;/p-1. The molecule has 1 aromatic heterocycles. The van der Waals surface area contributed by atoms with Crippen LogP contribution in [0, 0.1) is 0 Å². The summed E-state index contributed by atoms with van der Waals surface area (Å²) < 4.78 is 62.8. The Morgan fingerprint density at radius 2 is 1.89 bits per heavy atom. The van der Waals surface area contributed by atoms with Crippen molar-refractivity contribution >= 4 is 16.3 Å². The molecule has 1 aromatic rings. The number of nitrogens with zero attached hydrogens (tertiary/aromatic N) is 2. The Morgan fingerprint density at radius 3 is 2.17 bits per heavy atom. The van der Waals surface area contributed by atoms with E-state index in [1.54, 1.807) is 6.20 Å². The van der Waals surface area contributed by atoms with Crippen LogP contribution in [0.2, 0.25) is 0 Å². The number of hydrogen-bond donors (Lipinski definition) is 0. The van der Waals surface area contributed by atoms with E-state index in [9.17, 15) is 13.2 Å². The number of alkyl halides is 3. The summed E-state index contributed by atoms with van der Waals surface area (Å²) in [5, 5.41) is 0. The van der Waals surface area contributed by atoms with Gasteiger partial charge in [-0.15, -0.1) is 0 Å². The van der Waals surface area contributed by atoms with E-state index < -0.39 is 15.6 Å². The Kier molecular flexibility index (Phi) is 5.79. The fourth-order valence-corrected chi connectivity index (χ4v) is 0.776. The van der Waals surface area contributed by atoms with Crippen LogP contribution >= 0.6 is 0 Å². The number of allylic oxidation sites excluding steroid dienone is 1. The maximum Gasteiger partial charge on any atom is 0.485 e. The minimum absolute atomic E-state index is 0.848. The van der Waals surface area contributed by atoms with Crippen molar-refractivity contribution < 1.29 is 30.7 Å². The smallest absolute Gasteiger partial charge is 0.485 e. The molecule has 0 aliphatic carbocycles. The summed E-state index contributed by atoms with van der Waals surface area (Å²) in [6.07, 6.45) is 9.47. The molecule has 102 valence electrons. The number of aromatic nitrogens is 2. The first-order chi connectivity index (χ1) is 8.11. The van der Waals surface area contributed by atoms with Crippen molar-refractivity contribution in [2.24, 2.45) is 0 Å². The highest BCUT2D eigenvalue weighted by atomic mass is 32.2. The molecule has 0 aliphatic heterocycles. The zero-order valence-electron chi connectivity index (χ0n) is 9.17. The monoisotopic (exact) mass is 284 g/mol. The number of imidazole rings is 1. The van der Waals surface area contributed by atoms with E-state index in [1.807, 2.05) is 33.9 Å². The minimum Gasteiger partial charge on any atom is -0.741 e. The van der Waals surface area contributed by atoms with Crippen LogP contribution in [0.25, 0.3) is 6.20 Å². The molecule has 0 saturated carbocycles. The van der Waals surface area contributed by atoms with Crippen molar-refractivity contribution in [2.75, 3.05) is 0 Å². The first-order valence-corrected chi connectivity index (χ1v) is 5.84. The second kappa shape index (κ2) is 6.36. The van der Waals surface area contributed by atoms with Crippen LogP contribution in [-0.2, 0) is 16.7 Å². The lowest BCUT2D eigenvalue weighted by molar-refractivity contribution is -0.686. The average Bonchev–Trinajstić information content (AvgIpc) is 2.64. The van der Waals surface area contributed by atoms with Crippen LogP contribution in [-0.4, -0.2) is 23.0 Å². The van der Waals surface area contributed by atoms with Gasteiger partial charge in [0.1, 0.15) is 18.9 Å². The van der Waals surface area contributed by atoms with Gasteiger partial charge in [-0.1, -0.05) is 19.2 Å². The molecule has 0 saturated heterocycles. The number of rotatable bonds is 3. The maximum atomic E-state index is 10.7. The summed E-state index contributed by atoms with van der Waals surface area (Å²) in [7, 11) is -6.09.